The van der Waals surface area contributed by atoms with Crippen LogP contribution >= 0.6 is 0 Å². The molecule has 2 heterocycles. The topological polar surface area (TPSA) is 47.0 Å². The first kappa shape index (κ1) is 13.2. The van der Waals surface area contributed by atoms with E-state index in [2.05, 4.69) is 33.5 Å². The number of nitrogens with one attached hydrogen (secondary N) is 1. The molecule has 0 saturated heterocycles. The molecule has 0 fully saturated rings. The van der Waals surface area contributed by atoms with E-state index < -0.39 is 0 Å². The van der Waals surface area contributed by atoms with E-state index >= 15 is 0 Å². The summed E-state index contributed by atoms with van der Waals surface area (Å²) in [5.41, 5.74) is 4.75. The Morgan fingerprint density at radius 3 is 3.10 bits per heavy atom. The van der Waals surface area contributed by atoms with Gasteiger partial charge in [-0.05, 0) is 31.0 Å². The normalized spacial score (nSPS) is 18.4. The summed E-state index contributed by atoms with van der Waals surface area (Å²) in [5, 5.41) is 3.21. The average Bonchev–Trinajstić information content (AvgIpc) is 2.71. The molecular weight excluding hydrogens is 250 g/mol. The van der Waals surface area contributed by atoms with Crippen molar-refractivity contribution in [1.82, 2.24) is 15.3 Å². The summed E-state index contributed by atoms with van der Waals surface area (Å²) in [5.74, 6) is 0. The lowest BCUT2D eigenvalue weighted by molar-refractivity contribution is 0.0579. The second-order valence-electron chi connectivity index (χ2n) is 4.98. The van der Waals surface area contributed by atoms with Crippen molar-refractivity contribution in [1.29, 1.82) is 0 Å². The summed E-state index contributed by atoms with van der Waals surface area (Å²) in [6.45, 7) is 1.64. The molecule has 0 saturated carbocycles. The summed E-state index contributed by atoms with van der Waals surface area (Å²) in [6.07, 6.45) is 7.47. The monoisotopic (exact) mass is 269 g/mol. The van der Waals surface area contributed by atoms with Crippen molar-refractivity contribution in [3.05, 3.63) is 47.9 Å². The Morgan fingerprint density at radius 2 is 2.30 bits per heavy atom. The molecule has 4 heteroatoms. The van der Waals surface area contributed by atoms with Crippen molar-refractivity contribution < 1.29 is 4.74 Å². The summed E-state index contributed by atoms with van der Waals surface area (Å²) in [4.78, 5) is 8.62. The maximum absolute atomic E-state index is 5.96. The molecule has 2 aromatic rings. The zero-order valence-electron chi connectivity index (χ0n) is 11.7. The first-order valence-electron chi connectivity index (χ1n) is 7.04. The Morgan fingerprint density at radius 1 is 1.35 bits per heavy atom. The molecule has 20 heavy (non-hydrogen) atoms. The Bertz CT molecular complexity index is 571. The zero-order chi connectivity index (χ0) is 13.8. The highest BCUT2D eigenvalue weighted by atomic mass is 16.5. The van der Waals surface area contributed by atoms with Crippen LogP contribution in [0, 0.1) is 0 Å². The number of rotatable bonds is 3. The maximum Gasteiger partial charge on any atom is 0.0951 e. The van der Waals surface area contributed by atoms with Crippen LogP contribution in [-0.4, -0.2) is 30.2 Å². The number of hydrogen-bond donors (Lipinski definition) is 1. The zero-order valence-corrected chi connectivity index (χ0v) is 11.7. The molecule has 0 radical (unpaired) electrons. The van der Waals surface area contributed by atoms with Crippen LogP contribution in [0.1, 0.15) is 23.7 Å². The standard InChI is InChI=1S/C16H19N3O/c1-17-11-16-14-5-2-4-13(12(14)6-3-9-20-16)15-10-18-7-8-19-15/h2,4-5,7-8,10,16-17H,3,6,9,11H2,1H3/t16-/m1/s1. The minimum atomic E-state index is 0.120. The largest absolute Gasteiger partial charge is 0.372 e. The van der Waals surface area contributed by atoms with Gasteiger partial charge in [0.15, 0.2) is 0 Å². The summed E-state index contributed by atoms with van der Waals surface area (Å²) >= 11 is 0. The number of nitrogens with zero attached hydrogens (tertiary/aromatic N) is 2. The van der Waals surface area contributed by atoms with Gasteiger partial charge in [0.1, 0.15) is 0 Å². The van der Waals surface area contributed by atoms with E-state index in [9.17, 15) is 0 Å². The molecule has 0 aliphatic carbocycles. The van der Waals surface area contributed by atoms with E-state index in [0.717, 1.165) is 31.7 Å². The molecule has 0 unspecified atom stereocenters. The van der Waals surface area contributed by atoms with Gasteiger partial charge < -0.3 is 10.1 Å². The summed E-state index contributed by atoms with van der Waals surface area (Å²) in [7, 11) is 1.96. The van der Waals surface area contributed by atoms with E-state index in [4.69, 9.17) is 4.74 Å². The number of benzene rings is 1. The van der Waals surface area contributed by atoms with Crippen LogP contribution in [0.3, 0.4) is 0 Å². The van der Waals surface area contributed by atoms with Crippen LogP contribution in [0.2, 0.25) is 0 Å². The highest BCUT2D eigenvalue weighted by molar-refractivity contribution is 5.65. The van der Waals surface area contributed by atoms with Crippen LogP contribution in [0.4, 0.5) is 0 Å². The molecule has 1 aliphatic rings. The highest BCUT2D eigenvalue weighted by Crippen LogP contribution is 2.32. The van der Waals surface area contributed by atoms with Crippen molar-refractivity contribution in [2.24, 2.45) is 0 Å². The lowest BCUT2D eigenvalue weighted by atomic mass is 9.93. The van der Waals surface area contributed by atoms with Gasteiger partial charge in [-0.1, -0.05) is 18.2 Å². The van der Waals surface area contributed by atoms with Crippen LogP contribution in [0.25, 0.3) is 11.3 Å². The molecule has 0 spiro atoms. The van der Waals surface area contributed by atoms with Crippen LogP contribution in [-0.2, 0) is 11.2 Å². The molecule has 0 amide bonds. The van der Waals surface area contributed by atoms with Crippen molar-refractivity contribution in [2.45, 2.75) is 18.9 Å². The van der Waals surface area contributed by atoms with Gasteiger partial charge in [0.25, 0.3) is 0 Å². The van der Waals surface area contributed by atoms with E-state index in [0.29, 0.717) is 0 Å². The second-order valence-corrected chi connectivity index (χ2v) is 4.98. The Kier molecular flexibility index (Phi) is 4.04. The molecule has 1 atom stereocenters. The van der Waals surface area contributed by atoms with Crippen molar-refractivity contribution in [3.8, 4) is 11.3 Å². The molecule has 1 N–H and O–H groups in total. The van der Waals surface area contributed by atoms with Gasteiger partial charge in [0.05, 0.1) is 18.0 Å². The smallest absolute Gasteiger partial charge is 0.0951 e. The third-order valence-corrected chi connectivity index (χ3v) is 3.68. The third kappa shape index (κ3) is 2.57. The lowest BCUT2D eigenvalue weighted by Gasteiger charge is -2.19. The molecular formula is C16H19N3O. The fourth-order valence-corrected chi connectivity index (χ4v) is 2.78. The quantitative estimate of drug-likeness (QED) is 0.929. The van der Waals surface area contributed by atoms with Crippen molar-refractivity contribution >= 4 is 0 Å². The molecule has 1 aliphatic heterocycles. The van der Waals surface area contributed by atoms with Crippen LogP contribution in [0.5, 0.6) is 0 Å². The third-order valence-electron chi connectivity index (χ3n) is 3.68. The first-order valence-corrected chi connectivity index (χ1v) is 7.04. The van der Waals surface area contributed by atoms with Gasteiger partial charge in [0, 0.05) is 31.1 Å². The van der Waals surface area contributed by atoms with Gasteiger partial charge in [-0.2, -0.15) is 0 Å². The molecule has 0 bridgehead atoms. The van der Waals surface area contributed by atoms with E-state index in [1.165, 1.54) is 16.7 Å². The molecule has 3 rings (SSSR count). The van der Waals surface area contributed by atoms with Crippen molar-refractivity contribution in [3.63, 3.8) is 0 Å². The maximum atomic E-state index is 5.96. The van der Waals surface area contributed by atoms with E-state index in [1.54, 1.807) is 12.4 Å². The van der Waals surface area contributed by atoms with Crippen LogP contribution in [0.15, 0.2) is 36.8 Å². The predicted octanol–water partition coefficient (Wildman–Crippen LogP) is 2.37. The summed E-state index contributed by atoms with van der Waals surface area (Å²) in [6, 6.07) is 6.38. The predicted molar refractivity (Wildman–Crippen MR) is 78.4 cm³/mol. The number of likely N-dealkylation sites (N-methyl/N-ethyl adjacent to an activating group) is 1. The lowest BCUT2D eigenvalue weighted by Crippen LogP contribution is -2.20. The van der Waals surface area contributed by atoms with Crippen LogP contribution < -0.4 is 5.32 Å². The molecule has 1 aromatic heterocycles. The fourth-order valence-electron chi connectivity index (χ4n) is 2.78. The van der Waals surface area contributed by atoms with E-state index in [-0.39, 0.29) is 6.10 Å². The molecule has 1 aromatic carbocycles. The fraction of sp³-hybridized carbons (Fsp3) is 0.375. The summed E-state index contributed by atoms with van der Waals surface area (Å²) < 4.78 is 5.96. The SMILES string of the molecule is CNC[C@H]1OCCCc2c(-c3cnccn3)cccc21. The number of hydrogen-bond acceptors (Lipinski definition) is 4. The number of aromatic nitrogens is 2. The van der Waals surface area contributed by atoms with Gasteiger partial charge in [-0.15, -0.1) is 0 Å². The first-order chi connectivity index (χ1) is 9.90. The van der Waals surface area contributed by atoms with Gasteiger partial charge in [-0.3, -0.25) is 9.97 Å². The Balaban J connectivity index is 2.08. The Hall–Kier alpha value is -1.78. The van der Waals surface area contributed by atoms with Gasteiger partial charge in [-0.25, -0.2) is 0 Å². The van der Waals surface area contributed by atoms with Gasteiger partial charge in [0.2, 0.25) is 0 Å². The average molecular weight is 269 g/mol. The molecule has 104 valence electrons. The number of ether oxygens (including phenoxy) is 1. The minimum absolute atomic E-state index is 0.120. The Labute approximate surface area is 119 Å². The highest BCUT2D eigenvalue weighted by Gasteiger charge is 2.21. The van der Waals surface area contributed by atoms with Crippen molar-refractivity contribution in [2.75, 3.05) is 20.2 Å². The number of fused-ring (bicyclic) bond motifs is 1. The van der Waals surface area contributed by atoms with E-state index in [1.807, 2.05) is 13.2 Å². The second kappa shape index (κ2) is 6.11. The van der Waals surface area contributed by atoms with Gasteiger partial charge >= 0.3 is 0 Å². The molecule has 4 nitrogen and oxygen atoms in total. The minimum Gasteiger partial charge on any atom is -0.372 e.